The molecule has 0 bridgehead atoms. The van der Waals surface area contributed by atoms with Gasteiger partial charge in [0.05, 0.1) is 11.2 Å². The lowest BCUT2D eigenvalue weighted by molar-refractivity contribution is 0.00578. The molecule has 2 aliphatic rings. The molecule has 2 nitrogen and oxygen atoms in total. The van der Waals surface area contributed by atoms with E-state index in [-0.39, 0.29) is 5.73 Å². The van der Waals surface area contributed by atoms with Gasteiger partial charge in [-0.05, 0) is 69.5 Å². The largest absolute Gasteiger partial charge is 0.525 e. The number of halogens is 1. The molecule has 2 fully saturated rings. The van der Waals surface area contributed by atoms with Crippen molar-refractivity contribution in [3.63, 3.8) is 0 Å². The molecule has 3 rings (SSSR count). The summed E-state index contributed by atoms with van der Waals surface area (Å²) >= 11 is 1.71. The van der Waals surface area contributed by atoms with Gasteiger partial charge in [0.2, 0.25) is 0 Å². The van der Waals surface area contributed by atoms with E-state index >= 15 is 0 Å². The average Bonchev–Trinajstić information content (AvgIpc) is 3.03. The van der Waals surface area contributed by atoms with Crippen LogP contribution in [0.4, 0.5) is 4.39 Å². The first-order valence-electron chi connectivity index (χ1n) is 7.10. The van der Waals surface area contributed by atoms with Gasteiger partial charge in [-0.25, -0.2) is 4.39 Å². The minimum absolute atomic E-state index is 0.358. The van der Waals surface area contributed by atoms with Gasteiger partial charge in [0, 0.05) is 4.88 Å². The Labute approximate surface area is 124 Å². The third-order valence-corrected chi connectivity index (χ3v) is 5.52. The molecule has 1 saturated carbocycles. The maximum Gasteiger partial charge on any atom is 0.525 e. The van der Waals surface area contributed by atoms with Gasteiger partial charge in [0.15, 0.2) is 0 Å². The smallest absolute Gasteiger partial charge is 0.398 e. The number of hydrogen-bond donors (Lipinski definition) is 0. The molecule has 1 aromatic rings. The average molecular weight is 294 g/mol. The van der Waals surface area contributed by atoms with E-state index < -0.39 is 18.3 Å². The number of hydrogen-bond acceptors (Lipinski definition) is 3. The van der Waals surface area contributed by atoms with E-state index in [4.69, 9.17) is 9.31 Å². The topological polar surface area (TPSA) is 18.5 Å². The minimum Gasteiger partial charge on any atom is -0.398 e. The Morgan fingerprint density at radius 2 is 1.90 bits per heavy atom. The predicted molar refractivity (Wildman–Crippen MR) is 81.5 cm³/mol. The summed E-state index contributed by atoms with van der Waals surface area (Å²) in [7, 11) is -0.899. The van der Waals surface area contributed by atoms with Gasteiger partial charge in [-0.1, -0.05) is 0 Å². The van der Waals surface area contributed by atoms with Crippen LogP contribution in [0.3, 0.4) is 0 Å². The highest BCUT2D eigenvalue weighted by atomic mass is 32.1. The molecule has 2 heterocycles. The summed E-state index contributed by atoms with van der Waals surface area (Å²) in [5.74, 6) is 0.710. The Morgan fingerprint density at radius 1 is 1.30 bits per heavy atom. The van der Waals surface area contributed by atoms with Gasteiger partial charge in [0.1, 0.15) is 5.73 Å². The highest BCUT2D eigenvalue weighted by Crippen LogP contribution is 2.43. The van der Waals surface area contributed by atoms with E-state index in [0.29, 0.717) is 5.92 Å². The molecule has 1 aromatic heterocycles. The highest BCUT2D eigenvalue weighted by molar-refractivity contribution is 7.10. The van der Waals surface area contributed by atoms with Crippen molar-refractivity contribution < 1.29 is 13.7 Å². The first-order valence-corrected chi connectivity index (χ1v) is 7.98. The van der Waals surface area contributed by atoms with E-state index in [1.807, 2.05) is 33.1 Å². The fourth-order valence-corrected chi connectivity index (χ4v) is 3.25. The predicted octanol–water partition coefficient (Wildman–Crippen LogP) is 4.57. The van der Waals surface area contributed by atoms with Crippen LogP contribution in [0.2, 0.25) is 0 Å². The SMILES string of the molecule is CC1(C)OB(C(F)=Cc2csc(C3CC3)c2)OC1(C)C. The summed E-state index contributed by atoms with van der Waals surface area (Å²) in [5.41, 5.74) is -0.458. The molecule has 108 valence electrons. The third kappa shape index (κ3) is 2.59. The fraction of sp³-hybridized carbons (Fsp3) is 0.600. The molecule has 5 heteroatoms. The molecular weight excluding hydrogens is 274 g/mol. The molecule has 0 spiro atoms. The minimum atomic E-state index is -0.899. The van der Waals surface area contributed by atoms with Crippen molar-refractivity contribution in [2.45, 2.75) is 57.7 Å². The summed E-state index contributed by atoms with van der Waals surface area (Å²) in [5, 5.41) is 2.00. The van der Waals surface area contributed by atoms with Crippen molar-refractivity contribution in [3.8, 4) is 0 Å². The maximum absolute atomic E-state index is 14.3. The Hall–Kier alpha value is -0.645. The molecule has 20 heavy (non-hydrogen) atoms. The standard InChI is InChI=1S/C15H20BFO2S/c1-14(2)15(3,4)19-16(18-14)13(17)8-10-7-12(20-9-10)11-5-6-11/h7-9,11H,5-6H2,1-4H3. The summed E-state index contributed by atoms with van der Waals surface area (Å²) in [6.45, 7) is 7.71. The Balaban J connectivity index is 1.75. The first-order chi connectivity index (χ1) is 9.28. The Bertz CT molecular complexity index is 530. The van der Waals surface area contributed by atoms with Crippen LogP contribution in [0.5, 0.6) is 0 Å². The summed E-state index contributed by atoms with van der Waals surface area (Å²) in [6.07, 6.45) is 4.07. The molecule has 0 aromatic carbocycles. The van der Waals surface area contributed by atoms with Gasteiger partial charge in [0.25, 0.3) is 0 Å². The van der Waals surface area contributed by atoms with Gasteiger partial charge in [-0.3, -0.25) is 0 Å². The van der Waals surface area contributed by atoms with E-state index in [1.54, 1.807) is 11.3 Å². The molecule has 1 aliphatic heterocycles. The maximum atomic E-state index is 14.3. The lowest BCUT2D eigenvalue weighted by atomic mass is 9.87. The third-order valence-electron chi connectivity index (χ3n) is 4.40. The van der Waals surface area contributed by atoms with Crippen molar-refractivity contribution in [1.82, 2.24) is 0 Å². The fourth-order valence-electron chi connectivity index (χ4n) is 2.21. The van der Waals surface area contributed by atoms with Crippen LogP contribution in [-0.2, 0) is 9.31 Å². The molecular formula is C15H20BFO2S. The molecule has 0 N–H and O–H groups in total. The van der Waals surface area contributed by atoms with Crippen LogP contribution in [0.1, 0.15) is 56.9 Å². The van der Waals surface area contributed by atoms with E-state index in [0.717, 1.165) is 5.56 Å². The van der Waals surface area contributed by atoms with Crippen LogP contribution in [0.15, 0.2) is 17.2 Å². The number of thiophene rings is 1. The second-order valence-corrected chi connectivity index (χ2v) is 7.62. The second kappa shape index (κ2) is 4.68. The van der Waals surface area contributed by atoms with Crippen molar-refractivity contribution in [2.75, 3.05) is 0 Å². The lowest BCUT2D eigenvalue weighted by Crippen LogP contribution is -2.41. The lowest BCUT2D eigenvalue weighted by Gasteiger charge is -2.32. The van der Waals surface area contributed by atoms with Gasteiger partial charge < -0.3 is 9.31 Å². The Kier molecular flexibility index (Phi) is 3.35. The zero-order valence-electron chi connectivity index (χ0n) is 12.4. The zero-order chi connectivity index (χ0) is 14.5. The van der Waals surface area contributed by atoms with E-state index in [2.05, 4.69) is 6.07 Å². The van der Waals surface area contributed by atoms with Gasteiger partial charge in [-0.15, -0.1) is 11.3 Å². The van der Waals surface area contributed by atoms with Crippen molar-refractivity contribution >= 4 is 24.5 Å². The first kappa shape index (κ1) is 14.3. The normalized spacial score (nSPS) is 25.2. The quantitative estimate of drug-likeness (QED) is 0.760. The van der Waals surface area contributed by atoms with Gasteiger partial charge in [-0.2, -0.15) is 0 Å². The molecule has 0 radical (unpaired) electrons. The molecule has 1 saturated heterocycles. The van der Waals surface area contributed by atoms with Crippen LogP contribution in [-0.4, -0.2) is 18.3 Å². The van der Waals surface area contributed by atoms with Crippen LogP contribution >= 0.6 is 11.3 Å². The van der Waals surface area contributed by atoms with Crippen molar-refractivity contribution in [3.05, 3.63) is 27.6 Å². The summed E-state index contributed by atoms with van der Waals surface area (Å²) < 4.78 is 25.7. The zero-order valence-corrected chi connectivity index (χ0v) is 13.2. The highest BCUT2D eigenvalue weighted by Gasteiger charge is 2.53. The van der Waals surface area contributed by atoms with E-state index in [1.165, 1.54) is 23.8 Å². The summed E-state index contributed by atoms with van der Waals surface area (Å²) in [4.78, 5) is 1.36. The number of rotatable bonds is 3. The summed E-state index contributed by atoms with van der Waals surface area (Å²) in [6, 6.07) is 2.08. The van der Waals surface area contributed by atoms with Gasteiger partial charge >= 0.3 is 7.12 Å². The molecule has 1 aliphatic carbocycles. The molecule has 0 unspecified atom stereocenters. The molecule has 0 atom stereocenters. The van der Waals surface area contributed by atoms with E-state index in [9.17, 15) is 4.39 Å². The van der Waals surface area contributed by atoms with Crippen LogP contribution in [0, 0.1) is 0 Å². The second-order valence-electron chi connectivity index (χ2n) is 6.67. The van der Waals surface area contributed by atoms with Crippen LogP contribution in [0.25, 0.3) is 6.08 Å². The van der Waals surface area contributed by atoms with Crippen LogP contribution < -0.4 is 0 Å². The molecule has 0 amide bonds. The van der Waals surface area contributed by atoms with Crippen molar-refractivity contribution in [2.24, 2.45) is 0 Å². The Morgan fingerprint density at radius 3 is 2.45 bits per heavy atom. The monoisotopic (exact) mass is 294 g/mol. The van der Waals surface area contributed by atoms with Crippen molar-refractivity contribution in [1.29, 1.82) is 0 Å².